The van der Waals surface area contributed by atoms with Gasteiger partial charge < -0.3 is 25.3 Å². The largest absolute Gasteiger partial charge is 0.431 e. The van der Waals surface area contributed by atoms with Gasteiger partial charge in [0.1, 0.15) is 6.26 Å². The number of halogens is 1. The fraction of sp³-hybridized carbons (Fsp3) is 0.524. The summed E-state index contributed by atoms with van der Waals surface area (Å²) in [6.07, 6.45) is 3.74. The number of amides is 1. The topological polar surface area (TPSA) is 125 Å². The third-order valence-electron chi connectivity index (χ3n) is 5.46. The van der Waals surface area contributed by atoms with E-state index in [1.165, 1.54) is 6.26 Å². The van der Waals surface area contributed by atoms with E-state index in [1.54, 1.807) is 16.4 Å². The molecule has 0 unspecified atom stereocenters. The quantitative estimate of drug-likeness (QED) is 0.478. The molecule has 2 heterocycles. The lowest BCUT2D eigenvalue weighted by atomic mass is 10.2. The first kappa shape index (κ1) is 25.3. The Kier molecular flexibility index (Phi) is 8.57. The van der Waals surface area contributed by atoms with Gasteiger partial charge in [0, 0.05) is 31.9 Å². The summed E-state index contributed by atoms with van der Waals surface area (Å²) in [7, 11) is 0.769. The molecule has 33 heavy (non-hydrogen) atoms. The van der Waals surface area contributed by atoms with E-state index in [4.69, 9.17) is 21.8 Å². The number of nitrogens with zero attached hydrogens (tertiary/aromatic N) is 4. The summed E-state index contributed by atoms with van der Waals surface area (Å²) >= 11 is 6.25. The Morgan fingerprint density at radius 1 is 1.21 bits per heavy atom. The molecular formula is C21H31ClN6O4S. The van der Waals surface area contributed by atoms with Gasteiger partial charge in [0.2, 0.25) is 10.0 Å². The van der Waals surface area contributed by atoms with Crippen molar-refractivity contribution < 1.29 is 17.6 Å². The number of oxazole rings is 1. The molecule has 182 valence electrons. The maximum atomic E-state index is 12.7. The lowest BCUT2D eigenvalue weighted by Gasteiger charge is -2.35. The molecule has 12 heteroatoms. The Morgan fingerprint density at radius 2 is 1.94 bits per heavy atom. The zero-order valence-corrected chi connectivity index (χ0v) is 20.5. The fourth-order valence-electron chi connectivity index (χ4n) is 3.63. The molecule has 3 rings (SSSR count). The van der Waals surface area contributed by atoms with Crippen LogP contribution in [0.5, 0.6) is 0 Å². The van der Waals surface area contributed by atoms with Crippen LogP contribution in [0.1, 0.15) is 29.8 Å². The van der Waals surface area contributed by atoms with Gasteiger partial charge in [-0.25, -0.2) is 8.42 Å². The molecule has 1 aromatic carbocycles. The Morgan fingerprint density at radius 3 is 2.58 bits per heavy atom. The summed E-state index contributed by atoms with van der Waals surface area (Å²) in [5, 5.41) is 3.08. The van der Waals surface area contributed by atoms with Crippen LogP contribution in [0.2, 0.25) is 5.02 Å². The number of rotatable bonds is 10. The number of benzene rings is 1. The van der Waals surface area contributed by atoms with Crippen molar-refractivity contribution in [1.82, 2.24) is 14.2 Å². The van der Waals surface area contributed by atoms with Gasteiger partial charge in [-0.1, -0.05) is 18.0 Å². The van der Waals surface area contributed by atoms with Crippen molar-refractivity contribution in [3.63, 3.8) is 0 Å². The van der Waals surface area contributed by atoms with Crippen LogP contribution >= 0.6 is 11.6 Å². The highest BCUT2D eigenvalue weighted by Crippen LogP contribution is 2.29. The number of unbranched alkanes of at least 4 members (excludes halogenated alkanes) is 2. The van der Waals surface area contributed by atoms with E-state index < -0.39 is 15.9 Å². The highest BCUT2D eigenvalue weighted by Gasteiger charge is 2.27. The van der Waals surface area contributed by atoms with Gasteiger partial charge >= 0.3 is 0 Å². The zero-order valence-electron chi connectivity index (χ0n) is 19.0. The third-order valence-corrected chi connectivity index (χ3v) is 7.74. The number of hydrogen-bond donors (Lipinski definition) is 2. The molecule has 1 amide bonds. The molecule has 0 saturated carbocycles. The van der Waals surface area contributed by atoms with Crippen molar-refractivity contribution in [2.24, 2.45) is 0 Å². The SMILES string of the molecule is CN(C)CCCCCS(=O)(=O)N1CCN(c2ccc(Cl)c(NC(=O)c3coc(N)n3)c2)CC1. The van der Waals surface area contributed by atoms with Crippen LogP contribution in [0.4, 0.5) is 17.4 Å². The number of nitrogens with one attached hydrogen (secondary N) is 1. The summed E-state index contributed by atoms with van der Waals surface area (Å²) < 4.78 is 31.8. The number of piperazine rings is 1. The summed E-state index contributed by atoms with van der Waals surface area (Å²) in [6.45, 7) is 2.91. The predicted molar refractivity (Wildman–Crippen MR) is 130 cm³/mol. The molecule has 1 aromatic heterocycles. The van der Waals surface area contributed by atoms with E-state index in [2.05, 4.69) is 20.1 Å². The van der Waals surface area contributed by atoms with E-state index in [0.29, 0.717) is 43.3 Å². The van der Waals surface area contributed by atoms with E-state index in [0.717, 1.165) is 25.1 Å². The minimum absolute atomic E-state index is 0.0505. The highest BCUT2D eigenvalue weighted by molar-refractivity contribution is 7.89. The molecule has 0 aliphatic carbocycles. The number of nitrogen functional groups attached to an aromatic ring is 1. The summed E-state index contributed by atoms with van der Waals surface area (Å²) in [6, 6.07) is 5.21. The van der Waals surface area contributed by atoms with E-state index >= 15 is 0 Å². The van der Waals surface area contributed by atoms with Crippen molar-refractivity contribution in [3.05, 3.63) is 35.2 Å². The lowest BCUT2D eigenvalue weighted by Crippen LogP contribution is -2.49. The Balaban J connectivity index is 1.55. The zero-order chi connectivity index (χ0) is 24.0. The second-order valence-electron chi connectivity index (χ2n) is 8.26. The standard InChI is InChI=1S/C21H31ClN6O4S/c1-26(2)8-4-3-5-13-33(30,31)28-11-9-27(10-12-28)16-6-7-17(22)18(14-16)24-20(29)19-15-32-21(23)25-19/h6-7,14-15H,3-5,8-13H2,1-2H3,(H2,23,25)(H,24,29). The maximum Gasteiger partial charge on any atom is 0.292 e. The average Bonchev–Trinajstić information content (AvgIpc) is 3.21. The molecule has 3 N–H and O–H groups in total. The Bertz CT molecular complexity index is 1050. The second-order valence-corrected chi connectivity index (χ2v) is 10.8. The van der Waals surface area contributed by atoms with Gasteiger partial charge in [-0.05, 0) is 51.7 Å². The van der Waals surface area contributed by atoms with Crippen molar-refractivity contribution in [2.75, 3.05) is 68.5 Å². The first-order valence-electron chi connectivity index (χ1n) is 10.8. The van der Waals surface area contributed by atoms with Crippen LogP contribution in [0.3, 0.4) is 0 Å². The molecule has 0 spiro atoms. The Hall–Kier alpha value is -2.34. The molecule has 1 fully saturated rings. The molecule has 2 aromatic rings. The lowest BCUT2D eigenvalue weighted by molar-refractivity contribution is 0.102. The van der Waals surface area contributed by atoms with Crippen molar-refractivity contribution >= 4 is 44.9 Å². The Labute approximate surface area is 199 Å². The van der Waals surface area contributed by atoms with Crippen LogP contribution in [0, 0.1) is 0 Å². The molecule has 0 atom stereocenters. The molecule has 1 aliphatic rings. The van der Waals surface area contributed by atoms with Crippen molar-refractivity contribution in [2.45, 2.75) is 19.3 Å². The average molecular weight is 499 g/mol. The smallest absolute Gasteiger partial charge is 0.292 e. The molecule has 1 aliphatic heterocycles. The number of carbonyl (C=O) groups is 1. The van der Waals surface area contributed by atoms with E-state index in [-0.39, 0.29) is 17.5 Å². The fourth-order valence-corrected chi connectivity index (χ4v) is 5.34. The number of aromatic nitrogens is 1. The minimum atomic E-state index is -3.26. The van der Waals surface area contributed by atoms with Gasteiger partial charge in [0.25, 0.3) is 11.9 Å². The van der Waals surface area contributed by atoms with Gasteiger partial charge in [-0.15, -0.1) is 0 Å². The van der Waals surface area contributed by atoms with Crippen molar-refractivity contribution in [3.8, 4) is 0 Å². The predicted octanol–water partition coefficient (Wildman–Crippen LogP) is 2.35. The number of nitrogens with two attached hydrogens (primary N) is 1. The third kappa shape index (κ3) is 7.07. The van der Waals surface area contributed by atoms with Crippen LogP contribution in [-0.2, 0) is 10.0 Å². The van der Waals surface area contributed by atoms with Crippen LogP contribution < -0.4 is 16.0 Å². The minimum Gasteiger partial charge on any atom is -0.431 e. The normalized spacial score (nSPS) is 15.2. The van der Waals surface area contributed by atoms with Gasteiger partial charge in [0.15, 0.2) is 5.69 Å². The number of carbonyl (C=O) groups excluding carboxylic acids is 1. The highest BCUT2D eigenvalue weighted by atomic mass is 35.5. The first-order chi connectivity index (χ1) is 15.7. The van der Waals surface area contributed by atoms with Gasteiger partial charge in [-0.3, -0.25) is 4.79 Å². The van der Waals surface area contributed by atoms with Gasteiger partial charge in [0.05, 0.1) is 16.5 Å². The second kappa shape index (κ2) is 11.2. The molecule has 10 nitrogen and oxygen atoms in total. The van der Waals surface area contributed by atoms with E-state index in [1.807, 2.05) is 20.2 Å². The first-order valence-corrected chi connectivity index (χ1v) is 12.8. The van der Waals surface area contributed by atoms with Gasteiger partial charge in [-0.2, -0.15) is 9.29 Å². The molecule has 0 radical (unpaired) electrons. The van der Waals surface area contributed by atoms with E-state index in [9.17, 15) is 13.2 Å². The number of anilines is 3. The summed E-state index contributed by atoms with van der Waals surface area (Å²) in [4.78, 5) is 20.3. The number of hydrogen-bond acceptors (Lipinski definition) is 8. The number of sulfonamides is 1. The van der Waals surface area contributed by atoms with Crippen LogP contribution in [0.25, 0.3) is 0 Å². The maximum absolute atomic E-state index is 12.7. The molecular weight excluding hydrogens is 468 g/mol. The molecule has 0 bridgehead atoms. The van der Waals surface area contributed by atoms with Crippen molar-refractivity contribution in [1.29, 1.82) is 0 Å². The van der Waals surface area contributed by atoms with Crippen LogP contribution in [-0.4, -0.2) is 81.1 Å². The molecule has 1 saturated heterocycles. The monoisotopic (exact) mass is 498 g/mol. The van der Waals surface area contributed by atoms with Crippen LogP contribution in [0.15, 0.2) is 28.9 Å². The summed E-state index contributed by atoms with van der Waals surface area (Å²) in [5.41, 5.74) is 6.73. The summed E-state index contributed by atoms with van der Waals surface area (Å²) in [5.74, 6) is -0.305.